The minimum absolute atomic E-state index is 0.0202. The van der Waals surface area contributed by atoms with Crippen molar-refractivity contribution in [3.05, 3.63) is 29.8 Å². The summed E-state index contributed by atoms with van der Waals surface area (Å²) >= 11 is 0. The van der Waals surface area contributed by atoms with Crippen LogP contribution in [0.5, 0.6) is 0 Å². The van der Waals surface area contributed by atoms with Gasteiger partial charge in [-0.05, 0) is 43.6 Å². The first-order valence-corrected chi connectivity index (χ1v) is 9.43. The van der Waals surface area contributed by atoms with Gasteiger partial charge in [-0.25, -0.2) is 14.4 Å². The lowest BCUT2D eigenvalue weighted by molar-refractivity contribution is -0.137. The lowest BCUT2D eigenvalue weighted by Crippen LogP contribution is -2.40. The van der Waals surface area contributed by atoms with Crippen LogP contribution in [0.4, 0.5) is 23.4 Å². The molecule has 0 aliphatic heterocycles. The molecule has 2 bridgehead atoms. The molecule has 150 valence electrons. The highest BCUT2D eigenvalue weighted by atomic mass is 19.4. The number of nitrogens with zero attached hydrogens (tertiary/aromatic N) is 3. The van der Waals surface area contributed by atoms with Crippen molar-refractivity contribution < 1.29 is 22.7 Å². The van der Waals surface area contributed by atoms with Crippen molar-refractivity contribution in [2.24, 2.45) is 11.8 Å². The first kappa shape index (κ1) is 17.9. The Morgan fingerprint density at radius 2 is 1.96 bits per heavy atom. The minimum Gasteiger partial charge on any atom is -0.385 e. The first-order chi connectivity index (χ1) is 13.2. The monoisotopic (exact) mass is 396 g/mol. The summed E-state index contributed by atoms with van der Waals surface area (Å²) in [5, 5.41) is 10.7. The smallest absolute Gasteiger partial charge is 0.385 e. The normalized spacial score (nSPS) is 30.3. The fourth-order valence-electron chi connectivity index (χ4n) is 4.75. The van der Waals surface area contributed by atoms with E-state index in [0.29, 0.717) is 25.1 Å². The van der Waals surface area contributed by atoms with Crippen molar-refractivity contribution in [2.75, 3.05) is 5.73 Å². The summed E-state index contributed by atoms with van der Waals surface area (Å²) in [7, 11) is 0. The van der Waals surface area contributed by atoms with Crippen LogP contribution < -0.4 is 5.73 Å². The summed E-state index contributed by atoms with van der Waals surface area (Å²) in [4.78, 5) is 8.15. The molecule has 0 aromatic carbocycles. The number of imidazole rings is 1. The topological polar surface area (TPSA) is 77.0 Å². The van der Waals surface area contributed by atoms with E-state index in [9.17, 15) is 22.7 Å². The quantitative estimate of drug-likeness (QED) is 0.770. The second-order valence-corrected chi connectivity index (χ2v) is 8.40. The van der Waals surface area contributed by atoms with Crippen LogP contribution in [0.25, 0.3) is 11.3 Å². The number of aliphatic hydroxyl groups excluding tert-OH is 1. The van der Waals surface area contributed by atoms with Crippen LogP contribution >= 0.6 is 0 Å². The van der Waals surface area contributed by atoms with Crippen LogP contribution in [-0.4, -0.2) is 25.8 Å². The predicted octanol–water partition coefficient (Wildman–Crippen LogP) is 3.84. The van der Waals surface area contributed by atoms with E-state index in [0.717, 1.165) is 18.9 Å². The number of alkyl halides is 4. The van der Waals surface area contributed by atoms with Crippen LogP contribution in [-0.2, 0) is 11.7 Å². The van der Waals surface area contributed by atoms with Crippen LogP contribution in [0, 0.1) is 11.8 Å². The Hall–Kier alpha value is -2.16. The Labute approximate surface area is 158 Å². The Morgan fingerprint density at radius 1 is 1.25 bits per heavy atom. The van der Waals surface area contributed by atoms with E-state index in [4.69, 9.17) is 5.73 Å². The zero-order chi connectivity index (χ0) is 19.8. The zero-order valence-electron chi connectivity index (χ0n) is 15.0. The summed E-state index contributed by atoms with van der Waals surface area (Å²) in [6.07, 6.45) is 0.0328. The van der Waals surface area contributed by atoms with Gasteiger partial charge in [0, 0.05) is 29.9 Å². The molecule has 4 fully saturated rings. The highest BCUT2D eigenvalue weighted by molar-refractivity contribution is 5.62. The second kappa shape index (κ2) is 5.68. The van der Waals surface area contributed by atoms with E-state index in [1.165, 1.54) is 6.20 Å². The molecule has 2 atom stereocenters. The fourth-order valence-corrected chi connectivity index (χ4v) is 4.75. The average molecular weight is 396 g/mol. The van der Waals surface area contributed by atoms with Gasteiger partial charge in [-0.1, -0.05) is 0 Å². The Bertz CT molecular complexity index is 931. The maximum Gasteiger partial charge on any atom is 0.419 e. The summed E-state index contributed by atoms with van der Waals surface area (Å²) < 4.78 is 55.5. The van der Waals surface area contributed by atoms with Gasteiger partial charge in [0.2, 0.25) is 0 Å². The molecule has 2 aromatic rings. The van der Waals surface area contributed by atoms with Gasteiger partial charge in [0.05, 0.1) is 11.3 Å². The number of fused-ring (bicyclic) bond motifs is 1. The van der Waals surface area contributed by atoms with Crippen molar-refractivity contribution >= 4 is 5.82 Å². The third kappa shape index (κ3) is 2.62. The van der Waals surface area contributed by atoms with Crippen molar-refractivity contribution in [3.8, 4) is 11.3 Å². The van der Waals surface area contributed by atoms with Gasteiger partial charge in [0.1, 0.15) is 23.9 Å². The maximum absolute atomic E-state index is 14.1. The number of aliphatic hydroxyl groups is 1. The second-order valence-electron chi connectivity index (χ2n) is 8.40. The average Bonchev–Trinajstić information content (AvgIpc) is 3.15. The third-order valence-corrected chi connectivity index (χ3v) is 6.47. The predicted molar refractivity (Wildman–Crippen MR) is 92.8 cm³/mol. The first-order valence-electron chi connectivity index (χ1n) is 9.43. The van der Waals surface area contributed by atoms with E-state index < -0.39 is 35.4 Å². The van der Waals surface area contributed by atoms with Gasteiger partial charge < -0.3 is 15.4 Å². The molecule has 0 amide bonds. The largest absolute Gasteiger partial charge is 0.419 e. The zero-order valence-corrected chi connectivity index (χ0v) is 15.0. The number of halogens is 4. The molecule has 4 aliphatic carbocycles. The molecule has 4 aliphatic rings. The summed E-state index contributed by atoms with van der Waals surface area (Å²) in [6, 6.07) is 0.927. The van der Waals surface area contributed by atoms with Crippen molar-refractivity contribution in [1.82, 2.24) is 14.5 Å². The Morgan fingerprint density at radius 3 is 2.54 bits per heavy atom. The van der Waals surface area contributed by atoms with Crippen molar-refractivity contribution in [3.63, 3.8) is 0 Å². The van der Waals surface area contributed by atoms with Gasteiger partial charge in [0.15, 0.2) is 0 Å². The number of pyridine rings is 1. The lowest BCUT2D eigenvalue weighted by atomic mass is 9.76. The van der Waals surface area contributed by atoms with Gasteiger partial charge in [-0.3, -0.25) is 0 Å². The molecule has 2 heterocycles. The standard InChI is InChI=1S/C19H20F4N4O/c20-13-6-18(4-11(13)5-18)27-8-14(26-17(27)15(28)9-1-2-9)10-3-12(19(21,22)23)16(24)25-7-10/h3,7-9,11,13,15,28H,1-2,4-6H2,(H2,24,25)/t11?,13-,15?,18?/m0/s1. The number of hydrogen-bond donors (Lipinski definition) is 2. The van der Waals surface area contributed by atoms with Crippen LogP contribution in [0.1, 0.15) is 49.6 Å². The third-order valence-electron chi connectivity index (χ3n) is 6.47. The summed E-state index contributed by atoms with van der Waals surface area (Å²) in [6.45, 7) is 0. The minimum atomic E-state index is -4.63. The molecule has 4 saturated carbocycles. The Balaban J connectivity index is 1.59. The van der Waals surface area contributed by atoms with Crippen molar-refractivity contribution in [2.45, 2.75) is 56.1 Å². The molecule has 0 radical (unpaired) electrons. The number of hydrogen-bond acceptors (Lipinski definition) is 4. The van der Waals surface area contributed by atoms with E-state index in [1.54, 1.807) is 6.20 Å². The molecular formula is C19H20F4N4O. The van der Waals surface area contributed by atoms with E-state index in [2.05, 4.69) is 9.97 Å². The van der Waals surface area contributed by atoms with Crippen LogP contribution in [0.2, 0.25) is 0 Å². The van der Waals surface area contributed by atoms with Gasteiger partial charge in [0.25, 0.3) is 0 Å². The molecule has 0 saturated heterocycles. The molecule has 6 rings (SSSR count). The van der Waals surface area contributed by atoms with Crippen LogP contribution in [0.15, 0.2) is 18.5 Å². The van der Waals surface area contributed by atoms with E-state index in [1.807, 2.05) is 4.57 Å². The summed E-state index contributed by atoms with van der Waals surface area (Å²) in [5.41, 5.74) is 4.39. The number of aromatic nitrogens is 3. The lowest BCUT2D eigenvalue weighted by Gasteiger charge is -2.40. The highest BCUT2D eigenvalue weighted by Gasteiger charge is 2.58. The summed E-state index contributed by atoms with van der Waals surface area (Å²) in [5.74, 6) is -0.0632. The SMILES string of the molecule is Nc1ncc(-c2cn(C34CC(C3)[C@@H](F)C4)c(C(O)C3CC3)n2)cc1C(F)(F)F. The van der Waals surface area contributed by atoms with Gasteiger partial charge >= 0.3 is 6.18 Å². The molecule has 28 heavy (non-hydrogen) atoms. The molecule has 1 unspecified atom stereocenters. The molecule has 9 heteroatoms. The molecule has 0 spiro atoms. The number of anilines is 1. The maximum atomic E-state index is 14.1. The number of nitrogen functional groups attached to an aromatic ring is 1. The van der Waals surface area contributed by atoms with Crippen molar-refractivity contribution in [1.29, 1.82) is 0 Å². The number of rotatable bonds is 4. The molecular weight excluding hydrogens is 376 g/mol. The van der Waals surface area contributed by atoms with Gasteiger partial charge in [-0.2, -0.15) is 13.2 Å². The molecule has 3 N–H and O–H groups in total. The molecule has 5 nitrogen and oxygen atoms in total. The fraction of sp³-hybridized carbons (Fsp3) is 0.579. The van der Waals surface area contributed by atoms with Gasteiger partial charge in [-0.15, -0.1) is 0 Å². The number of nitrogens with two attached hydrogens (primary N) is 1. The van der Waals surface area contributed by atoms with E-state index >= 15 is 0 Å². The Kier molecular flexibility index (Phi) is 3.63. The highest BCUT2D eigenvalue weighted by Crippen LogP contribution is 2.59. The van der Waals surface area contributed by atoms with E-state index in [-0.39, 0.29) is 23.1 Å². The van der Waals surface area contributed by atoms with Crippen LogP contribution in [0.3, 0.4) is 0 Å². The molecule has 2 aromatic heterocycles.